The highest BCUT2D eigenvalue weighted by Gasteiger charge is 2.21. The van der Waals surface area contributed by atoms with Crippen LogP contribution in [0.4, 0.5) is 5.69 Å². The molecule has 3 nitrogen and oxygen atoms in total. The standard InChI is InChI=1S/C15H19ClN2O/c1-19-11-12-4-6-18(7-5-12)15-3-2-13(9-16)8-14(15)10-17/h2-3,8,12H,4-7,9,11H2,1H3. The zero-order valence-corrected chi connectivity index (χ0v) is 12.0. The number of nitrogens with zero attached hydrogens (tertiary/aromatic N) is 2. The quantitative estimate of drug-likeness (QED) is 0.794. The SMILES string of the molecule is COCC1CCN(c2ccc(CCl)cc2C#N)CC1. The molecule has 0 aromatic heterocycles. The third-order valence-electron chi connectivity index (χ3n) is 3.69. The molecular weight excluding hydrogens is 260 g/mol. The van der Waals surface area contributed by atoms with Crippen LogP contribution in [0.15, 0.2) is 18.2 Å². The highest BCUT2D eigenvalue weighted by molar-refractivity contribution is 6.17. The molecule has 102 valence electrons. The Morgan fingerprint density at radius 1 is 1.42 bits per heavy atom. The van der Waals surface area contributed by atoms with Crippen LogP contribution in [0.2, 0.25) is 0 Å². The molecule has 0 unspecified atom stereocenters. The molecule has 1 aliphatic rings. The second-order valence-corrected chi connectivity index (χ2v) is 5.25. The van der Waals surface area contributed by atoms with Crippen LogP contribution in [0.5, 0.6) is 0 Å². The monoisotopic (exact) mass is 278 g/mol. The fourth-order valence-electron chi connectivity index (χ4n) is 2.61. The van der Waals surface area contributed by atoms with E-state index in [0.29, 0.717) is 11.8 Å². The number of benzene rings is 1. The Bertz CT molecular complexity index is 462. The summed E-state index contributed by atoms with van der Waals surface area (Å²) in [7, 11) is 1.76. The minimum Gasteiger partial charge on any atom is -0.384 e. The number of methoxy groups -OCH3 is 1. The van der Waals surface area contributed by atoms with Crippen molar-refractivity contribution in [2.45, 2.75) is 18.7 Å². The number of nitriles is 1. The first-order chi connectivity index (χ1) is 9.28. The molecule has 0 spiro atoms. The van der Waals surface area contributed by atoms with E-state index >= 15 is 0 Å². The number of rotatable bonds is 4. The molecule has 1 heterocycles. The van der Waals surface area contributed by atoms with Gasteiger partial charge in [-0.2, -0.15) is 5.26 Å². The van der Waals surface area contributed by atoms with Gasteiger partial charge >= 0.3 is 0 Å². The summed E-state index contributed by atoms with van der Waals surface area (Å²) in [5.41, 5.74) is 2.76. The summed E-state index contributed by atoms with van der Waals surface area (Å²) < 4.78 is 5.21. The van der Waals surface area contributed by atoms with Gasteiger partial charge in [0.2, 0.25) is 0 Å². The van der Waals surface area contributed by atoms with Gasteiger partial charge in [-0.25, -0.2) is 0 Å². The molecule has 0 N–H and O–H groups in total. The van der Waals surface area contributed by atoms with Gasteiger partial charge in [0.25, 0.3) is 0 Å². The van der Waals surface area contributed by atoms with E-state index in [9.17, 15) is 5.26 Å². The van der Waals surface area contributed by atoms with Crippen LogP contribution in [0, 0.1) is 17.2 Å². The smallest absolute Gasteiger partial charge is 0.101 e. The second kappa shape index (κ2) is 6.79. The largest absolute Gasteiger partial charge is 0.384 e. The van der Waals surface area contributed by atoms with E-state index in [-0.39, 0.29) is 0 Å². The van der Waals surface area contributed by atoms with Crippen LogP contribution in [-0.4, -0.2) is 26.8 Å². The maximum absolute atomic E-state index is 9.27. The summed E-state index contributed by atoms with van der Waals surface area (Å²) >= 11 is 5.81. The predicted octanol–water partition coefficient (Wildman–Crippen LogP) is 3.16. The van der Waals surface area contributed by atoms with E-state index in [1.165, 1.54) is 0 Å². The van der Waals surface area contributed by atoms with Crippen molar-refractivity contribution in [1.29, 1.82) is 5.26 Å². The molecule has 1 aromatic carbocycles. The number of alkyl halides is 1. The third-order valence-corrected chi connectivity index (χ3v) is 4.00. The molecule has 1 saturated heterocycles. The number of halogens is 1. The Hall–Kier alpha value is -1.24. The van der Waals surface area contributed by atoms with Gasteiger partial charge in [-0.3, -0.25) is 0 Å². The molecule has 19 heavy (non-hydrogen) atoms. The molecule has 1 aromatic rings. The van der Waals surface area contributed by atoms with Crippen molar-refractivity contribution in [2.75, 3.05) is 31.7 Å². The van der Waals surface area contributed by atoms with Crippen LogP contribution >= 0.6 is 11.6 Å². The van der Waals surface area contributed by atoms with E-state index in [4.69, 9.17) is 16.3 Å². The van der Waals surface area contributed by atoms with Crippen LogP contribution in [0.25, 0.3) is 0 Å². The molecule has 4 heteroatoms. The Balaban J connectivity index is 2.09. The maximum Gasteiger partial charge on any atom is 0.101 e. The molecule has 0 amide bonds. The van der Waals surface area contributed by atoms with E-state index in [1.807, 2.05) is 18.2 Å². The van der Waals surface area contributed by atoms with Crippen molar-refractivity contribution in [3.63, 3.8) is 0 Å². The Morgan fingerprint density at radius 3 is 2.74 bits per heavy atom. The van der Waals surface area contributed by atoms with Crippen molar-refractivity contribution in [3.05, 3.63) is 29.3 Å². The molecule has 1 fully saturated rings. The Kier molecular flexibility index (Phi) is 5.07. The van der Waals surface area contributed by atoms with E-state index in [1.54, 1.807) is 7.11 Å². The first-order valence-electron chi connectivity index (χ1n) is 6.61. The van der Waals surface area contributed by atoms with Crippen LogP contribution < -0.4 is 4.90 Å². The van der Waals surface area contributed by atoms with Crippen molar-refractivity contribution < 1.29 is 4.74 Å². The van der Waals surface area contributed by atoms with E-state index < -0.39 is 0 Å². The first-order valence-corrected chi connectivity index (χ1v) is 7.14. The fourth-order valence-corrected chi connectivity index (χ4v) is 2.77. The lowest BCUT2D eigenvalue weighted by Gasteiger charge is -2.33. The number of hydrogen-bond donors (Lipinski definition) is 0. The summed E-state index contributed by atoms with van der Waals surface area (Å²) in [6.07, 6.45) is 2.24. The molecule has 0 aliphatic carbocycles. The number of piperidine rings is 1. The van der Waals surface area contributed by atoms with E-state index in [0.717, 1.165) is 49.4 Å². The van der Waals surface area contributed by atoms with Crippen molar-refractivity contribution in [2.24, 2.45) is 5.92 Å². The zero-order chi connectivity index (χ0) is 13.7. The number of hydrogen-bond acceptors (Lipinski definition) is 3. The molecule has 1 aliphatic heterocycles. The summed E-state index contributed by atoms with van der Waals surface area (Å²) in [4.78, 5) is 2.29. The van der Waals surface area contributed by atoms with Crippen LogP contribution in [0.1, 0.15) is 24.0 Å². The maximum atomic E-state index is 9.27. The van der Waals surface area contributed by atoms with Crippen LogP contribution in [0.3, 0.4) is 0 Å². The van der Waals surface area contributed by atoms with Gasteiger partial charge in [-0.1, -0.05) is 6.07 Å². The Morgan fingerprint density at radius 2 is 2.16 bits per heavy atom. The van der Waals surface area contributed by atoms with Gasteiger partial charge in [-0.05, 0) is 36.5 Å². The van der Waals surface area contributed by atoms with Gasteiger partial charge in [0.05, 0.1) is 11.3 Å². The number of anilines is 1. The second-order valence-electron chi connectivity index (χ2n) is 4.98. The fraction of sp³-hybridized carbons (Fsp3) is 0.533. The lowest BCUT2D eigenvalue weighted by molar-refractivity contribution is 0.139. The normalized spacial score (nSPS) is 16.4. The molecular formula is C15H19ClN2O. The van der Waals surface area contributed by atoms with Gasteiger partial charge in [0.1, 0.15) is 6.07 Å². The molecule has 0 atom stereocenters. The summed E-state index contributed by atoms with van der Waals surface area (Å²) in [5, 5.41) is 9.27. The third kappa shape index (κ3) is 3.40. The Labute approximate surface area is 119 Å². The average Bonchev–Trinajstić information content (AvgIpc) is 2.48. The predicted molar refractivity (Wildman–Crippen MR) is 77.5 cm³/mol. The average molecular weight is 279 g/mol. The van der Waals surface area contributed by atoms with Gasteiger partial charge in [-0.15, -0.1) is 11.6 Å². The zero-order valence-electron chi connectivity index (χ0n) is 11.2. The highest BCUT2D eigenvalue weighted by atomic mass is 35.5. The minimum atomic E-state index is 0.449. The molecule has 2 rings (SSSR count). The minimum absolute atomic E-state index is 0.449. The van der Waals surface area contributed by atoms with Crippen LogP contribution in [-0.2, 0) is 10.6 Å². The topological polar surface area (TPSA) is 36.3 Å². The van der Waals surface area contributed by atoms with E-state index in [2.05, 4.69) is 11.0 Å². The van der Waals surface area contributed by atoms with Gasteiger partial charge in [0.15, 0.2) is 0 Å². The lowest BCUT2D eigenvalue weighted by atomic mass is 9.96. The highest BCUT2D eigenvalue weighted by Crippen LogP contribution is 2.27. The summed E-state index contributed by atoms with van der Waals surface area (Å²) in [5.74, 6) is 1.10. The van der Waals surface area contributed by atoms with Gasteiger partial charge in [0, 0.05) is 32.7 Å². The van der Waals surface area contributed by atoms with Gasteiger partial charge < -0.3 is 9.64 Å². The van der Waals surface area contributed by atoms with Crippen molar-refractivity contribution in [1.82, 2.24) is 0 Å². The van der Waals surface area contributed by atoms with Crippen molar-refractivity contribution in [3.8, 4) is 6.07 Å². The molecule has 0 radical (unpaired) electrons. The molecule has 0 bridgehead atoms. The summed E-state index contributed by atoms with van der Waals surface area (Å²) in [6.45, 7) is 2.82. The summed E-state index contributed by atoms with van der Waals surface area (Å²) in [6, 6.07) is 8.20. The van der Waals surface area contributed by atoms with Crippen molar-refractivity contribution >= 4 is 17.3 Å². The lowest BCUT2D eigenvalue weighted by Crippen LogP contribution is -2.35. The molecule has 0 saturated carbocycles. The first kappa shape index (κ1) is 14.2. The number of ether oxygens (including phenoxy) is 1.